The van der Waals surface area contributed by atoms with E-state index >= 15 is 0 Å². The Balaban J connectivity index is 2.38. The Labute approximate surface area is 117 Å². The van der Waals surface area contributed by atoms with Crippen LogP contribution in [0.1, 0.15) is 18.4 Å². The predicted molar refractivity (Wildman–Crippen MR) is 76.7 cm³/mol. The van der Waals surface area contributed by atoms with Gasteiger partial charge in [-0.3, -0.25) is 4.79 Å². The van der Waals surface area contributed by atoms with Gasteiger partial charge in [0.05, 0.1) is 13.0 Å². The minimum Gasteiger partial charge on any atom is -0.469 e. The van der Waals surface area contributed by atoms with Crippen LogP contribution in [-0.4, -0.2) is 13.1 Å². The summed E-state index contributed by atoms with van der Waals surface area (Å²) < 4.78 is 18.9. The number of carbonyl (C=O) groups is 1. The number of benzene rings is 2. The molecular weight excluding hydrogens is 257 g/mol. The van der Waals surface area contributed by atoms with Crippen LogP contribution >= 0.6 is 0 Å². The average molecular weight is 273 g/mol. The summed E-state index contributed by atoms with van der Waals surface area (Å²) in [5.74, 6) is -1.27. The number of esters is 1. The molecule has 104 valence electrons. The van der Waals surface area contributed by atoms with Crippen LogP contribution in [0, 0.1) is 5.82 Å². The highest BCUT2D eigenvalue weighted by Gasteiger charge is 2.17. The van der Waals surface area contributed by atoms with Crippen LogP contribution in [0.3, 0.4) is 0 Å². The molecule has 20 heavy (non-hydrogen) atoms. The fraction of sp³-hybridized carbons (Fsp3) is 0.188. The smallest absolute Gasteiger partial charge is 0.312 e. The third-order valence-electron chi connectivity index (χ3n) is 3.25. The van der Waals surface area contributed by atoms with Crippen LogP contribution in [0.25, 0.3) is 11.1 Å². The fourth-order valence-corrected chi connectivity index (χ4v) is 2.05. The van der Waals surface area contributed by atoms with Crippen molar-refractivity contribution in [3.63, 3.8) is 0 Å². The second-order valence-electron chi connectivity index (χ2n) is 4.61. The Hall–Kier alpha value is -2.36. The van der Waals surface area contributed by atoms with Crippen molar-refractivity contribution in [2.24, 2.45) is 0 Å². The van der Waals surface area contributed by atoms with Crippen molar-refractivity contribution in [3.8, 4) is 11.1 Å². The lowest BCUT2D eigenvalue weighted by atomic mass is 9.97. The highest BCUT2D eigenvalue weighted by atomic mass is 19.1. The molecule has 0 amide bonds. The van der Waals surface area contributed by atoms with Crippen LogP contribution in [0.4, 0.5) is 10.1 Å². The second-order valence-corrected chi connectivity index (χ2v) is 4.61. The molecule has 0 fully saturated rings. The molecule has 0 saturated heterocycles. The van der Waals surface area contributed by atoms with E-state index in [2.05, 4.69) is 4.74 Å². The zero-order valence-corrected chi connectivity index (χ0v) is 11.4. The third kappa shape index (κ3) is 2.79. The first-order valence-electron chi connectivity index (χ1n) is 6.26. The maximum Gasteiger partial charge on any atom is 0.312 e. The first-order valence-corrected chi connectivity index (χ1v) is 6.26. The molecule has 0 spiro atoms. The van der Waals surface area contributed by atoms with Gasteiger partial charge in [-0.15, -0.1) is 0 Å². The van der Waals surface area contributed by atoms with Gasteiger partial charge in [-0.25, -0.2) is 4.39 Å². The third-order valence-corrected chi connectivity index (χ3v) is 3.25. The van der Waals surface area contributed by atoms with E-state index < -0.39 is 5.92 Å². The number of anilines is 1. The topological polar surface area (TPSA) is 52.3 Å². The number of nitrogen functional groups attached to an aromatic ring is 1. The summed E-state index contributed by atoms with van der Waals surface area (Å²) in [6.07, 6.45) is 0. The highest BCUT2D eigenvalue weighted by molar-refractivity contribution is 5.78. The molecule has 0 aromatic heterocycles. The summed E-state index contributed by atoms with van der Waals surface area (Å²) in [6.45, 7) is 1.68. The summed E-state index contributed by atoms with van der Waals surface area (Å²) in [6, 6.07) is 11.8. The van der Waals surface area contributed by atoms with Gasteiger partial charge in [0.15, 0.2) is 0 Å². The van der Waals surface area contributed by atoms with Gasteiger partial charge in [0, 0.05) is 11.3 Å². The zero-order valence-electron chi connectivity index (χ0n) is 11.4. The number of carbonyl (C=O) groups excluding carboxylic acids is 1. The van der Waals surface area contributed by atoms with E-state index in [-0.39, 0.29) is 11.8 Å². The minimum absolute atomic E-state index is 0.385. The Morgan fingerprint density at radius 1 is 1.25 bits per heavy atom. The fourth-order valence-electron chi connectivity index (χ4n) is 2.05. The van der Waals surface area contributed by atoms with Crippen molar-refractivity contribution in [2.75, 3.05) is 12.8 Å². The van der Waals surface area contributed by atoms with Gasteiger partial charge >= 0.3 is 5.97 Å². The molecule has 2 N–H and O–H groups in total. The number of hydrogen-bond donors (Lipinski definition) is 1. The summed E-state index contributed by atoms with van der Waals surface area (Å²) >= 11 is 0. The Kier molecular flexibility index (Phi) is 4.03. The van der Waals surface area contributed by atoms with Gasteiger partial charge in [-0.1, -0.05) is 24.3 Å². The predicted octanol–water partition coefficient (Wildman–Crippen LogP) is 3.35. The average Bonchev–Trinajstić information content (AvgIpc) is 2.45. The molecule has 3 nitrogen and oxygen atoms in total. The van der Waals surface area contributed by atoms with Crippen LogP contribution < -0.4 is 5.73 Å². The van der Waals surface area contributed by atoms with Crippen molar-refractivity contribution in [2.45, 2.75) is 12.8 Å². The quantitative estimate of drug-likeness (QED) is 0.689. The van der Waals surface area contributed by atoms with E-state index in [1.807, 2.05) is 0 Å². The monoisotopic (exact) mass is 273 g/mol. The molecule has 2 rings (SSSR count). The number of hydrogen-bond acceptors (Lipinski definition) is 3. The lowest BCUT2D eigenvalue weighted by Crippen LogP contribution is -2.11. The largest absolute Gasteiger partial charge is 0.469 e. The summed E-state index contributed by atoms with van der Waals surface area (Å²) in [5.41, 5.74) is 8.03. The molecule has 0 radical (unpaired) electrons. The van der Waals surface area contributed by atoms with Gasteiger partial charge in [0.2, 0.25) is 0 Å². The van der Waals surface area contributed by atoms with Crippen molar-refractivity contribution in [1.82, 2.24) is 0 Å². The van der Waals surface area contributed by atoms with Crippen molar-refractivity contribution in [1.29, 1.82) is 0 Å². The number of rotatable bonds is 3. The van der Waals surface area contributed by atoms with E-state index in [0.717, 1.165) is 0 Å². The van der Waals surface area contributed by atoms with Crippen LogP contribution in [-0.2, 0) is 9.53 Å². The first-order chi connectivity index (χ1) is 9.52. The molecule has 1 unspecified atom stereocenters. The number of nitrogens with two attached hydrogens (primary N) is 1. The molecular formula is C16H16FNO2. The summed E-state index contributed by atoms with van der Waals surface area (Å²) in [4.78, 5) is 11.5. The molecule has 0 bridgehead atoms. The maximum atomic E-state index is 14.2. The number of halogens is 1. The second kappa shape index (κ2) is 5.74. The van der Waals surface area contributed by atoms with Crippen LogP contribution in [0.5, 0.6) is 0 Å². The van der Waals surface area contributed by atoms with E-state index in [9.17, 15) is 9.18 Å². The standard InChI is InChI=1S/C16H16FNO2/c1-10(16(19)20-2)11-6-7-14(15(17)9-11)12-4-3-5-13(18)8-12/h3-10H,18H2,1-2H3. The van der Waals surface area contributed by atoms with Crippen LogP contribution in [0.15, 0.2) is 42.5 Å². The van der Waals surface area contributed by atoms with Gasteiger partial charge in [-0.2, -0.15) is 0 Å². The Bertz CT molecular complexity index is 640. The van der Waals surface area contributed by atoms with Crippen molar-refractivity contribution < 1.29 is 13.9 Å². The zero-order chi connectivity index (χ0) is 14.7. The first kappa shape index (κ1) is 14.1. The lowest BCUT2D eigenvalue weighted by molar-refractivity contribution is -0.141. The molecule has 0 heterocycles. The minimum atomic E-state index is -0.496. The van der Waals surface area contributed by atoms with Crippen LogP contribution in [0.2, 0.25) is 0 Å². The maximum absolute atomic E-state index is 14.2. The normalized spacial score (nSPS) is 11.9. The molecule has 0 aliphatic rings. The van der Waals surface area contributed by atoms with Gasteiger partial charge in [0.1, 0.15) is 5.82 Å². The highest BCUT2D eigenvalue weighted by Crippen LogP contribution is 2.27. The molecule has 2 aromatic rings. The molecule has 0 aliphatic carbocycles. The Morgan fingerprint density at radius 2 is 2.00 bits per heavy atom. The molecule has 1 atom stereocenters. The number of methoxy groups -OCH3 is 1. The van der Waals surface area contributed by atoms with E-state index in [1.54, 1.807) is 43.3 Å². The number of ether oxygens (including phenoxy) is 1. The van der Waals surface area contributed by atoms with E-state index in [1.165, 1.54) is 13.2 Å². The van der Waals surface area contributed by atoms with Gasteiger partial charge < -0.3 is 10.5 Å². The van der Waals surface area contributed by atoms with Gasteiger partial charge in [0.25, 0.3) is 0 Å². The van der Waals surface area contributed by atoms with Crippen molar-refractivity contribution in [3.05, 3.63) is 53.8 Å². The molecule has 2 aromatic carbocycles. The SMILES string of the molecule is COC(=O)C(C)c1ccc(-c2cccc(N)c2)c(F)c1. The Morgan fingerprint density at radius 3 is 2.60 bits per heavy atom. The molecule has 0 saturated carbocycles. The summed E-state index contributed by atoms with van der Waals surface area (Å²) in [5, 5.41) is 0. The molecule has 0 aliphatic heterocycles. The lowest BCUT2D eigenvalue weighted by Gasteiger charge is -2.11. The van der Waals surface area contributed by atoms with E-state index in [4.69, 9.17) is 5.73 Å². The van der Waals surface area contributed by atoms with E-state index in [0.29, 0.717) is 22.4 Å². The van der Waals surface area contributed by atoms with Crippen molar-refractivity contribution >= 4 is 11.7 Å². The molecule has 4 heteroatoms. The van der Waals surface area contributed by atoms with Gasteiger partial charge in [-0.05, 0) is 36.2 Å². The summed E-state index contributed by atoms with van der Waals surface area (Å²) in [7, 11) is 1.32.